The molecule has 17 rings (SSSR count). The zero-order chi connectivity index (χ0) is 50.6. The Balaban J connectivity index is 0.982. The molecule has 0 aliphatic heterocycles. The van der Waals surface area contributed by atoms with Crippen molar-refractivity contribution in [3.8, 4) is 33.6 Å². The molecular weight excluding hydrogens is 945 g/mol. The Morgan fingerprint density at radius 3 is 1.30 bits per heavy atom. The van der Waals surface area contributed by atoms with Gasteiger partial charge in [-0.3, -0.25) is 0 Å². The van der Waals surface area contributed by atoms with E-state index in [0.717, 1.165) is 5.69 Å². The second-order valence-electron chi connectivity index (χ2n) is 21.0. The molecule has 0 saturated carbocycles. The van der Waals surface area contributed by atoms with Crippen LogP contribution in [-0.2, 0) is 0 Å². The summed E-state index contributed by atoms with van der Waals surface area (Å²) in [5, 5.41) is 10.6. The van der Waals surface area contributed by atoms with Crippen LogP contribution in [0.25, 0.3) is 77.2 Å². The number of hydrogen-bond acceptors (Lipinski definition) is 0. The van der Waals surface area contributed by atoms with Gasteiger partial charge in [-0.2, -0.15) is 0 Å². The quantitative estimate of drug-likeness (QED) is 0.106. The van der Waals surface area contributed by atoms with Gasteiger partial charge in [0.2, 0.25) is 0 Å². The molecule has 0 radical (unpaired) electrons. The molecule has 2 aromatic heterocycles. The minimum absolute atomic E-state index is 0.0462. The number of para-hydroxylation sites is 3. The average Bonchev–Trinajstić information content (AvgIpc) is 4.14. The Hall–Kier alpha value is -9.54. The van der Waals surface area contributed by atoms with Gasteiger partial charge in [0.15, 0.2) is 8.07 Å². The highest BCUT2D eigenvalue weighted by atomic mass is 28.3. The van der Waals surface area contributed by atoms with E-state index in [4.69, 9.17) is 0 Å². The third kappa shape index (κ3) is 6.42. The molecule has 3 heteroatoms. The SMILES string of the molecule is c1ccc(-c2cccc([Si](c3ccccc3)(c3cccc(-c4ccccc4)c3)c3cccc4c3C3c5ccccc5C4c4cccc(-n5c6ccccc6c6cc(-n7c8ccccc8c8ccccc87)ccc65)c43)c2)cc1. The fraction of sp³-hybridized carbons (Fsp3) is 0.0270. The van der Waals surface area contributed by atoms with Gasteiger partial charge < -0.3 is 9.13 Å². The average molecular weight is 995 g/mol. The lowest BCUT2D eigenvalue weighted by Gasteiger charge is -2.47. The first kappa shape index (κ1) is 43.8. The summed E-state index contributed by atoms with van der Waals surface area (Å²) < 4.78 is 5.04. The van der Waals surface area contributed by atoms with Crippen molar-refractivity contribution in [2.24, 2.45) is 0 Å². The van der Waals surface area contributed by atoms with E-state index < -0.39 is 8.07 Å². The topological polar surface area (TPSA) is 9.86 Å². The summed E-state index contributed by atoms with van der Waals surface area (Å²) in [4.78, 5) is 0. The number of benzene rings is 12. The first-order valence-electron chi connectivity index (χ1n) is 27.0. The lowest BCUT2D eigenvalue weighted by Crippen LogP contribution is -2.75. The zero-order valence-electron chi connectivity index (χ0n) is 42.3. The van der Waals surface area contributed by atoms with E-state index in [1.807, 2.05) is 0 Å². The van der Waals surface area contributed by atoms with E-state index in [2.05, 4.69) is 300 Å². The van der Waals surface area contributed by atoms with Crippen LogP contribution in [0.3, 0.4) is 0 Å². The van der Waals surface area contributed by atoms with Crippen LogP contribution in [0.15, 0.2) is 291 Å². The molecule has 3 aliphatic carbocycles. The van der Waals surface area contributed by atoms with Gasteiger partial charge >= 0.3 is 0 Å². The molecule has 0 spiro atoms. The maximum Gasteiger partial charge on any atom is 0.179 e. The van der Waals surface area contributed by atoms with Crippen molar-refractivity contribution in [2.45, 2.75) is 11.8 Å². The summed E-state index contributed by atoms with van der Waals surface area (Å²) >= 11 is 0. The monoisotopic (exact) mass is 994 g/mol. The zero-order valence-corrected chi connectivity index (χ0v) is 43.3. The predicted molar refractivity (Wildman–Crippen MR) is 324 cm³/mol. The molecule has 14 aromatic rings. The van der Waals surface area contributed by atoms with Crippen LogP contribution < -0.4 is 20.7 Å². The highest BCUT2D eigenvalue weighted by molar-refractivity contribution is 7.20. The fourth-order valence-electron chi connectivity index (χ4n) is 14.2. The first-order valence-corrected chi connectivity index (χ1v) is 29.0. The van der Waals surface area contributed by atoms with Crippen molar-refractivity contribution >= 4 is 72.4 Å². The lowest BCUT2D eigenvalue weighted by molar-refractivity contribution is 0.752. The number of fused-ring (bicyclic) bond motifs is 6. The lowest BCUT2D eigenvalue weighted by atomic mass is 9.60. The highest BCUT2D eigenvalue weighted by Crippen LogP contribution is 2.57. The second kappa shape index (κ2) is 17.3. The second-order valence-corrected chi connectivity index (χ2v) is 24.8. The van der Waals surface area contributed by atoms with Crippen LogP contribution >= 0.6 is 0 Å². The van der Waals surface area contributed by atoms with Crippen LogP contribution in [0, 0.1) is 0 Å². The smallest absolute Gasteiger partial charge is 0.179 e. The first-order chi connectivity index (χ1) is 38.2. The van der Waals surface area contributed by atoms with Crippen LogP contribution in [0.4, 0.5) is 0 Å². The normalized spacial score (nSPS) is 14.5. The van der Waals surface area contributed by atoms with E-state index in [1.54, 1.807) is 0 Å². The summed E-state index contributed by atoms with van der Waals surface area (Å²) in [6.07, 6.45) is 0. The minimum Gasteiger partial charge on any atom is -0.309 e. The molecule has 2 heterocycles. The Morgan fingerprint density at radius 1 is 0.260 bits per heavy atom. The summed E-state index contributed by atoms with van der Waals surface area (Å²) in [5.74, 6) is -0.00300. The standard InChI is InChI=1S/C74H50N2Si/c1-4-22-49(23-5-1)51-26-18-30-55(46-51)77(54-28-8-3-9-29-54,56-31-19-27-52(47-56)50-24-6-2-7-25-50)70-43-21-38-63-71-60-35-10-11-36-61(60)74(73(63)70)72-62(71)37-20-42-69(72)76-67-41-17-14-34-59(67)64-48-53(44-45-68(64)76)75-65-39-15-12-32-57(65)58-33-13-16-40-66(58)75/h1-48,71,74H. The van der Waals surface area contributed by atoms with E-state index in [0.29, 0.717) is 0 Å². The van der Waals surface area contributed by atoms with Crippen LogP contribution in [-0.4, -0.2) is 17.2 Å². The fourth-order valence-corrected chi connectivity index (χ4v) is 19.3. The predicted octanol–water partition coefficient (Wildman–Crippen LogP) is 15.6. The third-order valence-electron chi connectivity index (χ3n) is 17.2. The van der Waals surface area contributed by atoms with Crippen LogP contribution in [0.1, 0.15) is 45.2 Å². The maximum absolute atomic E-state index is 3.24. The Morgan fingerprint density at radius 2 is 0.688 bits per heavy atom. The van der Waals surface area contributed by atoms with E-state index in [9.17, 15) is 0 Å². The number of hydrogen-bond donors (Lipinski definition) is 0. The Labute approximate surface area is 449 Å². The van der Waals surface area contributed by atoms with Gasteiger partial charge in [0, 0.05) is 39.1 Å². The molecule has 0 amide bonds. The summed E-state index contributed by atoms with van der Waals surface area (Å²) in [6, 6.07) is 110. The highest BCUT2D eigenvalue weighted by Gasteiger charge is 2.50. The van der Waals surface area contributed by atoms with Gasteiger partial charge in [0.1, 0.15) is 0 Å². The largest absolute Gasteiger partial charge is 0.309 e. The molecule has 12 aromatic carbocycles. The molecule has 77 heavy (non-hydrogen) atoms. The van der Waals surface area contributed by atoms with Gasteiger partial charge in [-0.25, -0.2) is 0 Å². The minimum atomic E-state index is -3.24. The number of nitrogens with zero attached hydrogens (tertiary/aromatic N) is 2. The van der Waals surface area contributed by atoms with Crippen molar-refractivity contribution in [1.29, 1.82) is 0 Å². The third-order valence-corrected chi connectivity index (χ3v) is 22.0. The van der Waals surface area contributed by atoms with Crippen molar-refractivity contribution in [1.82, 2.24) is 9.13 Å². The van der Waals surface area contributed by atoms with Crippen molar-refractivity contribution < 1.29 is 0 Å². The van der Waals surface area contributed by atoms with Gasteiger partial charge in [-0.15, -0.1) is 0 Å². The van der Waals surface area contributed by atoms with Gasteiger partial charge in [0.25, 0.3) is 0 Å². The molecule has 2 nitrogen and oxygen atoms in total. The number of rotatable bonds is 8. The van der Waals surface area contributed by atoms with E-state index >= 15 is 0 Å². The molecule has 3 aliphatic rings. The number of aromatic nitrogens is 2. The maximum atomic E-state index is 2.60. The summed E-state index contributed by atoms with van der Waals surface area (Å²) in [7, 11) is -3.24. The van der Waals surface area contributed by atoms with Crippen molar-refractivity contribution in [3.05, 3.63) is 325 Å². The van der Waals surface area contributed by atoms with Crippen LogP contribution in [0.5, 0.6) is 0 Å². The van der Waals surface area contributed by atoms with Crippen molar-refractivity contribution in [3.63, 3.8) is 0 Å². The Kier molecular flexibility index (Phi) is 9.82. The summed E-state index contributed by atoms with van der Waals surface area (Å²) in [6.45, 7) is 0. The Bertz CT molecular complexity index is 4510. The van der Waals surface area contributed by atoms with Gasteiger partial charge in [-0.1, -0.05) is 249 Å². The van der Waals surface area contributed by atoms with E-state index in [1.165, 1.54) is 126 Å². The molecular formula is C74H50N2Si. The molecule has 2 bridgehead atoms. The molecule has 2 atom stereocenters. The molecule has 0 N–H and O–H groups in total. The van der Waals surface area contributed by atoms with Gasteiger partial charge in [-0.05, 0) is 119 Å². The summed E-state index contributed by atoms with van der Waals surface area (Å²) in [5.41, 5.74) is 20.6. The van der Waals surface area contributed by atoms with Crippen LogP contribution in [0.2, 0.25) is 0 Å². The molecule has 2 unspecified atom stereocenters. The van der Waals surface area contributed by atoms with Gasteiger partial charge in [0.05, 0.1) is 27.8 Å². The van der Waals surface area contributed by atoms with Crippen molar-refractivity contribution in [2.75, 3.05) is 0 Å². The molecule has 0 fully saturated rings. The molecule has 360 valence electrons. The molecule has 0 saturated heterocycles. The van der Waals surface area contributed by atoms with E-state index in [-0.39, 0.29) is 11.8 Å².